The van der Waals surface area contributed by atoms with Gasteiger partial charge in [0.15, 0.2) is 11.6 Å². The quantitative estimate of drug-likeness (QED) is 0.449. The van der Waals surface area contributed by atoms with Crippen LogP contribution in [0.1, 0.15) is 32.2 Å². The van der Waals surface area contributed by atoms with Gasteiger partial charge in [-0.3, -0.25) is 29.8 Å². The molecule has 2 aromatic rings. The second kappa shape index (κ2) is 6.64. The van der Waals surface area contributed by atoms with Crippen LogP contribution < -0.4 is 0 Å². The molecule has 1 aliphatic rings. The van der Waals surface area contributed by atoms with Crippen LogP contribution in [-0.4, -0.2) is 28.0 Å². The molecule has 3 rings (SSSR count). The topological polar surface area (TPSA) is 120 Å². The van der Waals surface area contributed by atoms with Crippen molar-refractivity contribution in [1.29, 1.82) is 0 Å². The lowest BCUT2D eigenvalue weighted by Gasteiger charge is -2.18. The first-order valence-corrected chi connectivity index (χ1v) is 7.91. The molecular formula is C17H11ClN2O6. The summed E-state index contributed by atoms with van der Waals surface area (Å²) >= 11 is 5.94. The summed E-state index contributed by atoms with van der Waals surface area (Å²) in [5.41, 5.74) is 0.0351. The average molecular weight is 375 g/mol. The van der Waals surface area contributed by atoms with Gasteiger partial charge < -0.3 is 0 Å². The van der Waals surface area contributed by atoms with Crippen molar-refractivity contribution in [3.05, 3.63) is 84.4 Å². The molecule has 0 saturated carbocycles. The van der Waals surface area contributed by atoms with Gasteiger partial charge in [0.1, 0.15) is 0 Å². The number of nitro groups is 2. The maximum Gasteiger partial charge on any atom is 0.270 e. The van der Waals surface area contributed by atoms with Crippen LogP contribution in [0.25, 0.3) is 0 Å². The standard InChI is InChI=1S/C17H11ClN2O6/c18-10-3-1-2-9(6-10)14(8-19(23)24)15-16(21)12-5-4-11(20(25)26)7-13(12)17(15)22/h1-7,14-15H,8H2. The lowest BCUT2D eigenvalue weighted by atomic mass is 9.83. The molecule has 26 heavy (non-hydrogen) atoms. The first-order chi connectivity index (χ1) is 12.3. The van der Waals surface area contributed by atoms with Gasteiger partial charge in [0, 0.05) is 33.2 Å². The van der Waals surface area contributed by atoms with Crippen LogP contribution in [0.2, 0.25) is 5.02 Å². The number of fused-ring (bicyclic) bond motifs is 1. The van der Waals surface area contributed by atoms with Crippen molar-refractivity contribution in [1.82, 2.24) is 0 Å². The summed E-state index contributed by atoms with van der Waals surface area (Å²) in [7, 11) is 0. The van der Waals surface area contributed by atoms with Gasteiger partial charge in [0.05, 0.1) is 16.8 Å². The van der Waals surface area contributed by atoms with E-state index in [1.807, 2.05) is 0 Å². The van der Waals surface area contributed by atoms with Gasteiger partial charge in [-0.15, -0.1) is 0 Å². The maximum absolute atomic E-state index is 12.8. The number of nitrogens with zero attached hydrogens (tertiary/aromatic N) is 2. The molecule has 0 amide bonds. The van der Waals surface area contributed by atoms with Gasteiger partial charge >= 0.3 is 0 Å². The highest BCUT2D eigenvalue weighted by atomic mass is 35.5. The van der Waals surface area contributed by atoms with Crippen molar-refractivity contribution < 1.29 is 19.4 Å². The smallest absolute Gasteiger partial charge is 0.270 e. The SMILES string of the molecule is O=C1c2ccc([N+](=O)[O-])cc2C(=O)C1C(C[N+](=O)[O-])c1cccc(Cl)c1. The number of carbonyl (C=O) groups is 2. The molecule has 0 fully saturated rings. The molecule has 0 aromatic heterocycles. The third-order valence-electron chi connectivity index (χ3n) is 4.33. The third-order valence-corrected chi connectivity index (χ3v) is 4.57. The monoisotopic (exact) mass is 374 g/mol. The number of carbonyl (C=O) groups excluding carboxylic acids is 2. The molecule has 132 valence electrons. The van der Waals surface area contributed by atoms with E-state index >= 15 is 0 Å². The Balaban J connectivity index is 2.08. The van der Waals surface area contributed by atoms with Gasteiger partial charge in [0.2, 0.25) is 6.54 Å². The van der Waals surface area contributed by atoms with Gasteiger partial charge in [-0.25, -0.2) is 0 Å². The molecule has 2 aromatic carbocycles. The Morgan fingerprint density at radius 3 is 2.31 bits per heavy atom. The Labute approximate surface area is 151 Å². The number of benzene rings is 2. The number of ketones is 2. The van der Waals surface area contributed by atoms with Crippen LogP contribution in [-0.2, 0) is 0 Å². The van der Waals surface area contributed by atoms with E-state index in [1.54, 1.807) is 18.2 Å². The molecule has 0 heterocycles. The van der Waals surface area contributed by atoms with E-state index in [2.05, 4.69) is 0 Å². The number of halogens is 1. The highest BCUT2D eigenvalue weighted by molar-refractivity contribution is 6.30. The number of rotatable bonds is 5. The lowest BCUT2D eigenvalue weighted by molar-refractivity contribution is -0.484. The summed E-state index contributed by atoms with van der Waals surface area (Å²) in [4.78, 5) is 46.2. The van der Waals surface area contributed by atoms with E-state index in [9.17, 15) is 29.8 Å². The molecule has 9 heteroatoms. The minimum Gasteiger partial charge on any atom is -0.293 e. The van der Waals surface area contributed by atoms with E-state index in [-0.39, 0.29) is 16.8 Å². The fourth-order valence-corrected chi connectivity index (χ4v) is 3.38. The summed E-state index contributed by atoms with van der Waals surface area (Å²) in [6.07, 6.45) is 0. The number of hydrogen-bond donors (Lipinski definition) is 0. The zero-order valence-corrected chi connectivity index (χ0v) is 13.9. The molecule has 0 N–H and O–H groups in total. The second-order valence-electron chi connectivity index (χ2n) is 5.87. The largest absolute Gasteiger partial charge is 0.293 e. The summed E-state index contributed by atoms with van der Waals surface area (Å²) in [5.74, 6) is -3.56. The van der Waals surface area contributed by atoms with Crippen molar-refractivity contribution in [2.45, 2.75) is 5.92 Å². The van der Waals surface area contributed by atoms with Crippen molar-refractivity contribution in [2.75, 3.05) is 6.54 Å². The molecule has 0 aliphatic heterocycles. The zero-order chi connectivity index (χ0) is 19.0. The molecule has 2 unspecified atom stereocenters. The van der Waals surface area contributed by atoms with E-state index in [1.165, 1.54) is 12.1 Å². The number of Topliss-reactive ketones (excluding diaryl/α,β-unsaturated/α-hetero) is 2. The van der Waals surface area contributed by atoms with E-state index in [0.717, 1.165) is 12.1 Å². The highest BCUT2D eigenvalue weighted by Crippen LogP contribution is 2.38. The fraction of sp³-hybridized carbons (Fsp3) is 0.176. The molecule has 0 saturated heterocycles. The van der Waals surface area contributed by atoms with Crippen LogP contribution >= 0.6 is 11.6 Å². The normalized spacial score (nSPS) is 17.0. The summed E-state index contributed by atoms with van der Waals surface area (Å²) in [5, 5.41) is 22.4. The van der Waals surface area contributed by atoms with Crippen molar-refractivity contribution in [3.8, 4) is 0 Å². The first kappa shape index (κ1) is 17.7. The fourth-order valence-electron chi connectivity index (χ4n) is 3.19. The molecule has 0 bridgehead atoms. The van der Waals surface area contributed by atoms with Gasteiger partial charge in [-0.05, 0) is 23.8 Å². The summed E-state index contributed by atoms with van der Waals surface area (Å²) in [6, 6.07) is 9.57. The minimum absolute atomic E-state index is 0.0426. The summed E-state index contributed by atoms with van der Waals surface area (Å²) in [6.45, 7) is -0.640. The Morgan fingerprint density at radius 2 is 1.69 bits per heavy atom. The van der Waals surface area contributed by atoms with Crippen LogP contribution in [0.5, 0.6) is 0 Å². The predicted molar refractivity (Wildman–Crippen MR) is 91.3 cm³/mol. The summed E-state index contributed by atoms with van der Waals surface area (Å²) < 4.78 is 0. The van der Waals surface area contributed by atoms with Gasteiger partial charge in [-0.2, -0.15) is 0 Å². The molecular weight excluding hydrogens is 364 g/mol. The number of non-ortho nitro benzene ring substituents is 1. The van der Waals surface area contributed by atoms with Crippen molar-refractivity contribution in [2.24, 2.45) is 5.92 Å². The molecule has 8 nitrogen and oxygen atoms in total. The zero-order valence-electron chi connectivity index (χ0n) is 13.1. The van der Waals surface area contributed by atoms with Crippen molar-refractivity contribution in [3.63, 3.8) is 0 Å². The highest BCUT2D eigenvalue weighted by Gasteiger charge is 2.46. The molecule has 0 radical (unpaired) electrons. The Morgan fingerprint density at radius 1 is 1.00 bits per heavy atom. The molecule has 0 spiro atoms. The number of nitro benzene ring substituents is 1. The van der Waals surface area contributed by atoms with Crippen LogP contribution in [0.4, 0.5) is 5.69 Å². The van der Waals surface area contributed by atoms with E-state index in [0.29, 0.717) is 10.6 Å². The van der Waals surface area contributed by atoms with Crippen LogP contribution in [0, 0.1) is 26.1 Å². The van der Waals surface area contributed by atoms with Crippen molar-refractivity contribution >= 4 is 28.9 Å². The Hall–Kier alpha value is -3.13. The molecule has 2 atom stereocenters. The molecule has 1 aliphatic carbocycles. The van der Waals surface area contributed by atoms with Gasteiger partial charge in [0.25, 0.3) is 5.69 Å². The van der Waals surface area contributed by atoms with Crippen LogP contribution in [0.3, 0.4) is 0 Å². The van der Waals surface area contributed by atoms with E-state index < -0.39 is 39.8 Å². The second-order valence-corrected chi connectivity index (χ2v) is 6.31. The minimum atomic E-state index is -1.31. The van der Waals surface area contributed by atoms with Gasteiger partial charge in [-0.1, -0.05) is 23.7 Å². The van der Waals surface area contributed by atoms with E-state index in [4.69, 9.17) is 11.6 Å². The lowest BCUT2D eigenvalue weighted by Crippen LogP contribution is -2.29. The Kier molecular flexibility index (Phi) is 4.52. The van der Waals surface area contributed by atoms with Crippen LogP contribution in [0.15, 0.2) is 42.5 Å². The predicted octanol–water partition coefficient (Wildman–Crippen LogP) is 3.30. The maximum atomic E-state index is 12.8. The third kappa shape index (κ3) is 3.06. The number of hydrogen-bond acceptors (Lipinski definition) is 6. The first-order valence-electron chi connectivity index (χ1n) is 7.53. The average Bonchev–Trinajstić information content (AvgIpc) is 2.83. The Bertz CT molecular complexity index is 958.